The van der Waals surface area contributed by atoms with Crippen LogP contribution in [0.4, 0.5) is 0 Å². The maximum absolute atomic E-state index is 11.8. The molecule has 0 bridgehead atoms. The van der Waals surface area contributed by atoms with Crippen LogP contribution in [0.5, 0.6) is 0 Å². The number of carboxylic acid groups (broad SMARTS) is 1. The van der Waals surface area contributed by atoms with Gasteiger partial charge in [0.15, 0.2) is 5.69 Å². The van der Waals surface area contributed by atoms with Gasteiger partial charge < -0.3 is 5.11 Å². The van der Waals surface area contributed by atoms with Crippen molar-refractivity contribution in [3.63, 3.8) is 0 Å². The summed E-state index contributed by atoms with van der Waals surface area (Å²) in [6.45, 7) is 3.74. The molecule has 1 aromatic heterocycles. The molecule has 0 atom stereocenters. The smallest absolute Gasteiger partial charge is 0.355 e. The number of nitrogens with zero attached hydrogens (tertiary/aromatic N) is 2. The van der Waals surface area contributed by atoms with E-state index in [2.05, 4.69) is 9.71 Å². The number of hydrogen-bond donors (Lipinski definition) is 2. The van der Waals surface area contributed by atoms with Crippen LogP contribution in [-0.4, -0.2) is 48.4 Å². The zero-order chi connectivity index (χ0) is 14.6. The van der Waals surface area contributed by atoms with Gasteiger partial charge in [-0.1, -0.05) is 0 Å². The molecule has 7 nitrogen and oxygen atoms in total. The highest BCUT2D eigenvalue weighted by Crippen LogP contribution is 2.10. The second-order valence-corrected chi connectivity index (χ2v) is 6.95. The van der Waals surface area contributed by atoms with Crippen molar-refractivity contribution in [2.75, 3.05) is 13.6 Å². The van der Waals surface area contributed by atoms with Crippen molar-refractivity contribution in [3.05, 3.63) is 16.1 Å². The van der Waals surface area contributed by atoms with Gasteiger partial charge in [0.25, 0.3) is 10.2 Å². The Morgan fingerprint density at radius 1 is 1.58 bits per heavy atom. The van der Waals surface area contributed by atoms with E-state index < -0.39 is 16.2 Å². The first-order valence-corrected chi connectivity index (χ1v) is 7.96. The molecule has 0 amide bonds. The Labute approximate surface area is 116 Å². The zero-order valence-corrected chi connectivity index (χ0v) is 12.6. The van der Waals surface area contributed by atoms with Crippen LogP contribution < -0.4 is 4.72 Å². The van der Waals surface area contributed by atoms with E-state index in [4.69, 9.17) is 5.11 Å². The number of rotatable bonds is 7. The van der Waals surface area contributed by atoms with E-state index in [0.717, 1.165) is 0 Å². The average Bonchev–Trinajstić information content (AvgIpc) is 2.76. The lowest BCUT2D eigenvalue weighted by atomic mass is 10.4. The lowest BCUT2D eigenvalue weighted by molar-refractivity contribution is 0.0691. The van der Waals surface area contributed by atoms with Gasteiger partial charge >= 0.3 is 5.97 Å². The Morgan fingerprint density at radius 3 is 2.68 bits per heavy atom. The second-order valence-electron chi connectivity index (χ2n) is 4.19. The van der Waals surface area contributed by atoms with Crippen LogP contribution in [-0.2, 0) is 16.6 Å². The third-order valence-corrected chi connectivity index (χ3v) is 5.16. The van der Waals surface area contributed by atoms with Crippen LogP contribution in [0, 0.1) is 0 Å². The van der Waals surface area contributed by atoms with Crippen LogP contribution in [0.15, 0.2) is 5.38 Å². The molecule has 9 heteroatoms. The fraction of sp³-hybridized carbons (Fsp3) is 0.600. The first-order valence-electron chi connectivity index (χ1n) is 5.64. The third-order valence-electron chi connectivity index (χ3n) is 2.50. The quantitative estimate of drug-likeness (QED) is 0.766. The topological polar surface area (TPSA) is 99.6 Å². The Bertz CT molecular complexity index is 539. The molecule has 0 radical (unpaired) electrons. The van der Waals surface area contributed by atoms with Crippen molar-refractivity contribution in [1.29, 1.82) is 0 Å². The van der Waals surface area contributed by atoms with E-state index in [9.17, 15) is 13.2 Å². The second kappa shape index (κ2) is 6.42. The van der Waals surface area contributed by atoms with Gasteiger partial charge in [-0.15, -0.1) is 11.3 Å². The number of aromatic carboxylic acids is 1. The number of carbonyl (C=O) groups is 1. The molecule has 1 aromatic rings. The van der Waals surface area contributed by atoms with Gasteiger partial charge in [0.2, 0.25) is 0 Å². The summed E-state index contributed by atoms with van der Waals surface area (Å²) in [5.41, 5.74) is -0.0119. The maximum atomic E-state index is 11.8. The molecular formula is C10H17N3O4S2. The number of hydrogen-bond acceptors (Lipinski definition) is 5. The highest BCUT2D eigenvalue weighted by Gasteiger charge is 2.19. The summed E-state index contributed by atoms with van der Waals surface area (Å²) < 4.78 is 27.2. The Morgan fingerprint density at radius 2 is 2.21 bits per heavy atom. The van der Waals surface area contributed by atoms with Crippen molar-refractivity contribution in [2.45, 2.75) is 26.3 Å². The molecule has 0 aliphatic rings. The molecule has 108 valence electrons. The Hall–Kier alpha value is -1.03. The van der Waals surface area contributed by atoms with Gasteiger partial charge in [-0.3, -0.25) is 0 Å². The number of thiazole rings is 1. The van der Waals surface area contributed by atoms with Gasteiger partial charge in [-0.25, -0.2) is 14.5 Å². The highest BCUT2D eigenvalue weighted by atomic mass is 32.2. The number of nitrogens with one attached hydrogen (secondary N) is 1. The molecule has 0 aliphatic heterocycles. The van der Waals surface area contributed by atoms with E-state index in [1.807, 2.05) is 0 Å². The SMILES string of the molecule is CC(C)N(C)S(=O)(=O)NCCc1nc(C(=O)O)cs1. The van der Waals surface area contributed by atoms with Crippen LogP contribution in [0.25, 0.3) is 0 Å². The van der Waals surface area contributed by atoms with Gasteiger partial charge in [-0.05, 0) is 13.8 Å². The third kappa shape index (κ3) is 4.53. The van der Waals surface area contributed by atoms with Crippen LogP contribution in [0.2, 0.25) is 0 Å². The molecule has 1 heterocycles. The van der Waals surface area contributed by atoms with Gasteiger partial charge in [0.1, 0.15) is 0 Å². The molecule has 0 aromatic carbocycles. The summed E-state index contributed by atoms with van der Waals surface area (Å²) in [5.74, 6) is -1.08. The van der Waals surface area contributed by atoms with Gasteiger partial charge in [0.05, 0.1) is 5.01 Å². The molecule has 0 unspecified atom stereocenters. The van der Waals surface area contributed by atoms with E-state index in [1.54, 1.807) is 13.8 Å². The largest absolute Gasteiger partial charge is 0.476 e. The van der Waals surface area contributed by atoms with E-state index in [1.165, 1.54) is 28.1 Å². The standard InChI is InChI=1S/C10H17N3O4S2/c1-7(2)13(3)19(16,17)11-5-4-9-12-8(6-18-9)10(14)15/h6-7,11H,4-5H2,1-3H3,(H,14,15). The van der Waals surface area contributed by atoms with Crippen molar-refractivity contribution < 1.29 is 18.3 Å². The lowest BCUT2D eigenvalue weighted by Gasteiger charge is -2.20. The summed E-state index contributed by atoms with van der Waals surface area (Å²) in [6.07, 6.45) is 0.364. The predicted octanol–water partition coefficient (Wildman–Crippen LogP) is 0.558. The summed E-state index contributed by atoms with van der Waals surface area (Å²) in [6, 6.07) is -0.129. The Kier molecular flexibility index (Phi) is 5.41. The zero-order valence-electron chi connectivity index (χ0n) is 11.0. The van der Waals surface area contributed by atoms with E-state index >= 15 is 0 Å². The fourth-order valence-corrected chi connectivity index (χ4v) is 3.08. The molecule has 0 saturated heterocycles. The Balaban J connectivity index is 2.52. The molecule has 0 spiro atoms. The molecule has 19 heavy (non-hydrogen) atoms. The molecule has 0 aliphatic carbocycles. The first-order chi connectivity index (χ1) is 8.74. The first kappa shape index (κ1) is 16.0. The maximum Gasteiger partial charge on any atom is 0.355 e. The van der Waals surface area contributed by atoms with Crippen LogP contribution in [0.3, 0.4) is 0 Å². The van der Waals surface area contributed by atoms with Crippen molar-refractivity contribution >= 4 is 27.5 Å². The minimum Gasteiger partial charge on any atom is -0.476 e. The van der Waals surface area contributed by atoms with Crippen molar-refractivity contribution in [3.8, 4) is 0 Å². The van der Waals surface area contributed by atoms with Crippen molar-refractivity contribution in [1.82, 2.24) is 14.0 Å². The molecule has 0 fully saturated rings. The monoisotopic (exact) mass is 307 g/mol. The van der Waals surface area contributed by atoms with Crippen LogP contribution >= 0.6 is 11.3 Å². The number of aromatic nitrogens is 1. The average molecular weight is 307 g/mol. The molecule has 0 saturated carbocycles. The van der Waals surface area contributed by atoms with Gasteiger partial charge in [0, 0.05) is 31.4 Å². The summed E-state index contributed by atoms with van der Waals surface area (Å²) in [7, 11) is -2.00. The van der Waals surface area contributed by atoms with Crippen LogP contribution in [0.1, 0.15) is 29.3 Å². The lowest BCUT2D eigenvalue weighted by Crippen LogP contribution is -2.42. The van der Waals surface area contributed by atoms with Crippen molar-refractivity contribution in [2.24, 2.45) is 0 Å². The summed E-state index contributed by atoms with van der Waals surface area (Å²) >= 11 is 1.20. The predicted molar refractivity (Wildman–Crippen MR) is 72.6 cm³/mol. The number of carboxylic acids is 1. The van der Waals surface area contributed by atoms with Gasteiger partial charge in [-0.2, -0.15) is 12.7 Å². The fourth-order valence-electron chi connectivity index (χ4n) is 1.19. The summed E-state index contributed by atoms with van der Waals surface area (Å²) in [5, 5.41) is 10.7. The summed E-state index contributed by atoms with van der Waals surface area (Å²) in [4.78, 5) is 14.5. The minimum atomic E-state index is -3.50. The van der Waals surface area contributed by atoms with E-state index in [0.29, 0.717) is 11.4 Å². The van der Waals surface area contributed by atoms with E-state index in [-0.39, 0.29) is 18.3 Å². The molecular weight excluding hydrogens is 290 g/mol. The molecule has 2 N–H and O–H groups in total. The normalized spacial score (nSPS) is 12.3. The highest BCUT2D eigenvalue weighted by molar-refractivity contribution is 7.87. The minimum absolute atomic E-state index is 0.0119. The molecule has 1 rings (SSSR count).